The molecule has 1 saturated carbocycles. The molecular weight excluding hydrogens is 157 g/mol. The van der Waals surface area contributed by atoms with Crippen molar-refractivity contribution in [2.45, 2.75) is 38.0 Å². The number of hydrogen-bond donors (Lipinski definition) is 1. The van der Waals surface area contributed by atoms with Gasteiger partial charge in [0.1, 0.15) is 6.10 Å². The van der Waals surface area contributed by atoms with Crippen LogP contribution in [0.5, 0.6) is 0 Å². The van der Waals surface area contributed by atoms with Crippen LogP contribution in [0.15, 0.2) is 0 Å². The van der Waals surface area contributed by atoms with Gasteiger partial charge in [0.05, 0.1) is 0 Å². The Hall–Kier alpha value is -0.250. The maximum absolute atomic E-state index is 11.7. The fourth-order valence-electron chi connectivity index (χ4n) is 1.18. The van der Waals surface area contributed by atoms with Gasteiger partial charge in [0, 0.05) is 0 Å². The minimum absolute atomic E-state index is 0.103. The minimum Gasteiger partial charge on any atom is -0.384 e. The largest absolute Gasteiger partial charge is 0.414 e. The highest BCUT2D eigenvalue weighted by Crippen LogP contribution is 2.34. The van der Waals surface area contributed by atoms with E-state index in [1.807, 2.05) is 0 Å². The second-order valence-corrected chi connectivity index (χ2v) is 3.09. The SMILES string of the molecule is O[C@H](CC1CCC1)C(F)(F)F. The summed E-state index contributed by atoms with van der Waals surface area (Å²) in [6.45, 7) is 0. The van der Waals surface area contributed by atoms with Gasteiger partial charge in [-0.2, -0.15) is 13.2 Å². The van der Waals surface area contributed by atoms with Crippen LogP contribution >= 0.6 is 0 Å². The smallest absolute Gasteiger partial charge is 0.384 e. The van der Waals surface area contributed by atoms with E-state index in [4.69, 9.17) is 5.11 Å². The summed E-state index contributed by atoms with van der Waals surface area (Å²) in [4.78, 5) is 0. The lowest BCUT2D eigenvalue weighted by molar-refractivity contribution is -0.210. The molecule has 0 heterocycles. The van der Waals surface area contributed by atoms with Crippen LogP contribution in [0.4, 0.5) is 13.2 Å². The zero-order chi connectivity index (χ0) is 8.48. The lowest BCUT2D eigenvalue weighted by Crippen LogP contribution is -2.32. The molecule has 1 aliphatic rings. The van der Waals surface area contributed by atoms with Gasteiger partial charge < -0.3 is 5.11 Å². The maximum atomic E-state index is 11.7. The first-order chi connectivity index (χ1) is 5.00. The summed E-state index contributed by atoms with van der Waals surface area (Å²) < 4.78 is 35.2. The molecule has 66 valence electrons. The minimum atomic E-state index is -4.42. The Kier molecular flexibility index (Phi) is 2.42. The van der Waals surface area contributed by atoms with Gasteiger partial charge in [-0.3, -0.25) is 0 Å². The van der Waals surface area contributed by atoms with Crippen LogP contribution in [0, 0.1) is 5.92 Å². The van der Waals surface area contributed by atoms with Crippen molar-refractivity contribution in [3.8, 4) is 0 Å². The zero-order valence-electron chi connectivity index (χ0n) is 6.06. The van der Waals surface area contributed by atoms with E-state index < -0.39 is 12.3 Å². The Morgan fingerprint density at radius 2 is 1.91 bits per heavy atom. The van der Waals surface area contributed by atoms with E-state index in [1.165, 1.54) is 0 Å². The molecule has 1 nitrogen and oxygen atoms in total. The van der Waals surface area contributed by atoms with Crippen molar-refractivity contribution in [1.29, 1.82) is 0 Å². The number of rotatable bonds is 2. The number of aliphatic hydroxyl groups excluding tert-OH is 1. The van der Waals surface area contributed by atoms with Crippen molar-refractivity contribution in [2.24, 2.45) is 5.92 Å². The molecule has 1 rings (SSSR count). The molecule has 1 N–H and O–H groups in total. The Bertz CT molecular complexity index is 128. The third kappa shape index (κ3) is 2.36. The highest BCUT2D eigenvalue weighted by Gasteiger charge is 2.40. The van der Waals surface area contributed by atoms with Crippen molar-refractivity contribution in [3.05, 3.63) is 0 Å². The summed E-state index contributed by atoms with van der Waals surface area (Å²) in [5.74, 6) is 0.103. The second kappa shape index (κ2) is 3.01. The molecule has 1 atom stereocenters. The molecule has 0 spiro atoms. The number of hydrogen-bond acceptors (Lipinski definition) is 1. The summed E-state index contributed by atoms with van der Waals surface area (Å²) in [5, 5.41) is 8.60. The van der Waals surface area contributed by atoms with Crippen LogP contribution in [-0.4, -0.2) is 17.4 Å². The molecule has 1 aliphatic carbocycles. The summed E-state index contributed by atoms with van der Waals surface area (Å²) in [6.07, 6.45) is -3.94. The van der Waals surface area contributed by atoms with Crippen molar-refractivity contribution < 1.29 is 18.3 Å². The Labute approximate surface area is 63.2 Å². The second-order valence-electron chi connectivity index (χ2n) is 3.09. The van der Waals surface area contributed by atoms with Gasteiger partial charge in [-0.25, -0.2) is 0 Å². The van der Waals surface area contributed by atoms with Gasteiger partial charge in [0.2, 0.25) is 0 Å². The van der Waals surface area contributed by atoms with E-state index in [9.17, 15) is 13.2 Å². The standard InChI is InChI=1S/C7H11F3O/c8-7(9,10)6(11)4-5-2-1-3-5/h5-6,11H,1-4H2/t6-/m1/s1. The lowest BCUT2D eigenvalue weighted by Gasteiger charge is -2.28. The average molecular weight is 168 g/mol. The quantitative estimate of drug-likeness (QED) is 0.669. The van der Waals surface area contributed by atoms with Crippen LogP contribution in [0.25, 0.3) is 0 Å². The zero-order valence-corrected chi connectivity index (χ0v) is 6.06. The Morgan fingerprint density at radius 1 is 1.36 bits per heavy atom. The van der Waals surface area contributed by atoms with Crippen LogP contribution < -0.4 is 0 Å². The fraction of sp³-hybridized carbons (Fsp3) is 1.00. The summed E-state index contributed by atoms with van der Waals surface area (Å²) in [6, 6.07) is 0. The van der Waals surface area contributed by atoms with Crippen molar-refractivity contribution in [3.63, 3.8) is 0 Å². The molecule has 4 heteroatoms. The van der Waals surface area contributed by atoms with Crippen molar-refractivity contribution in [2.75, 3.05) is 0 Å². The Balaban J connectivity index is 2.24. The first-order valence-corrected chi connectivity index (χ1v) is 3.75. The van der Waals surface area contributed by atoms with Gasteiger partial charge in [0.25, 0.3) is 0 Å². The average Bonchev–Trinajstić information content (AvgIpc) is 1.75. The first kappa shape index (κ1) is 8.84. The topological polar surface area (TPSA) is 20.2 Å². The third-order valence-electron chi connectivity index (χ3n) is 2.16. The van der Waals surface area contributed by atoms with Crippen LogP contribution in [0.3, 0.4) is 0 Å². The summed E-state index contributed by atoms with van der Waals surface area (Å²) >= 11 is 0. The lowest BCUT2D eigenvalue weighted by atomic mass is 9.81. The molecule has 11 heavy (non-hydrogen) atoms. The third-order valence-corrected chi connectivity index (χ3v) is 2.16. The van der Waals surface area contributed by atoms with E-state index in [1.54, 1.807) is 0 Å². The molecule has 1 fully saturated rings. The maximum Gasteiger partial charge on any atom is 0.414 e. The molecule has 0 bridgehead atoms. The molecule has 0 saturated heterocycles. The number of halogens is 3. The van der Waals surface area contributed by atoms with E-state index in [0.29, 0.717) is 0 Å². The molecule has 0 aromatic heterocycles. The molecule has 0 aromatic rings. The van der Waals surface area contributed by atoms with Gasteiger partial charge in [-0.1, -0.05) is 19.3 Å². The van der Waals surface area contributed by atoms with E-state index in [0.717, 1.165) is 19.3 Å². The van der Waals surface area contributed by atoms with Gasteiger partial charge in [0.15, 0.2) is 0 Å². The summed E-state index contributed by atoms with van der Waals surface area (Å²) in [5.41, 5.74) is 0. The molecule has 0 amide bonds. The normalized spacial score (nSPS) is 22.9. The summed E-state index contributed by atoms with van der Waals surface area (Å²) in [7, 11) is 0. The Morgan fingerprint density at radius 3 is 2.18 bits per heavy atom. The first-order valence-electron chi connectivity index (χ1n) is 3.75. The fourth-order valence-corrected chi connectivity index (χ4v) is 1.18. The van der Waals surface area contributed by atoms with Crippen molar-refractivity contribution >= 4 is 0 Å². The van der Waals surface area contributed by atoms with E-state index in [-0.39, 0.29) is 12.3 Å². The van der Waals surface area contributed by atoms with Gasteiger partial charge in [-0.05, 0) is 12.3 Å². The van der Waals surface area contributed by atoms with Gasteiger partial charge >= 0.3 is 6.18 Å². The molecule has 0 aliphatic heterocycles. The molecular formula is C7H11F3O. The van der Waals surface area contributed by atoms with Gasteiger partial charge in [-0.15, -0.1) is 0 Å². The molecule has 0 unspecified atom stereocenters. The highest BCUT2D eigenvalue weighted by atomic mass is 19.4. The molecule has 0 aromatic carbocycles. The van der Waals surface area contributed by atoms with Crippen LogP contribution in [-0.2, 0) is 0 Å². The monoisotopic (exact) mass is 168 g/mol. The van der Waals surface area contributed by atoms with Crippen molar-refractivity contribution in [1.82, 2.24) is 0 Å². The van der Waals surface area contributed by atoms with E-state index in [2.05, 4.69) is 0 Å². The predicted octanol–water partition coefficient (Wildman–Crippen LogP) is 2.10. The predicted molar refractivity (Wildman–Crippen MR) is 34.0 cm³/mol. The highest BCUT2D eigenvalue weighted by molar-refractivity contribution is 4.76. The number of aliphatic hydroxyl groups is 1. The van der Waals surface area contributed by atoms with E-state index >= 15 is 0 Å². The molecule has 0 radical (unpaired) electrons. The van der Waals surface area contributed by atoms with Crippen LogP contribution in [0.1, 0.15) is 25.7 Å². The van der Waals surface area contributed by atoms with Crippen LogP contribution in [0.2, 0.25) is 0 Å². The number of alkyl halides is 3.